The molecule has 0 bridgehead atoms. The Morgan fingerprint density at radius 2 is 2.50 bits per heavy atom. The molecule has 0 aliphatic carbocycles. The van der Waals surface area contributed by atoms with Gasteiger partial charge in [0.1, 0.15) is 5.82 Å². The summed E-state index contributed by atoms with van der Waals surface area (Å²) in [5.74, 6) is 0.618. The Bertz CT molecular complexity index is 451. The van der Waals surface area contributed by atoms with Crippen molar-refractivity contribution in [2.75, 3.05) is 0 Å². The quantitative estimate of drug-likeness (QED) is 0.345. The zero-order chi connectivity index (χ0) is 8.39. The lowest BCUT2D eigenvalue weighted by Gasteiger charge is -1.91. The van der Waals surface area contributed by atoms with Gasteiger partial charge in [0, 0.05) is 11.1 Å². The van der Waals surface area contributed by atoms with Crippen molar-refractivity contribution in [2.45, 2.75) is 0 Å². The van der Waals surface area contributed by atoms with Gasteiger partial charge in [0.05, 0.1) is 0 Å². The standard InChI is InChI=1S/C4H2N8/c5-9-7-3-1-2-6-4-8-10-11-12(3)4/h1-2H. The minimum Gasteiger partial charge on any atom is -0.218 e. The highest BCUT2D eigenvalue weighted by Gasteiger charge is 2.00. The number of tetrazole rings is 1. The van der Waals surface area contributed by atoms with Crippen LogP contribution in [0.2, 0.25) is 0 Å². The van der Waals surface area contributed by atoms with Gasteiger partial charge >= 0.3 is 0 Å². The summed E-state index contributed by atoms with van der Waals surface area (Å²) in [6.07, 6.45) is 1.47. The molecular formula is C4H2N8. The van der Waals surface area contributed by atoms with Gasteiger partial charge in [0.2, 0.25) is 0 Å². The lowest BCUT2D eigenvalue weighted by atomic mass is 10.6. The van der Waals surface area contributed by atoms with Crippen molar-refractivity contribution in [3.05, 3.63) is 22.7 Å². The van der Waals surface area contributed by atoms with Gasteiger partial charge in [-0.2, -0.15) is 4.52 Å². The molecule has 0 aliphatic rings. The average Bonchev–Trinajstić information content (AvgIpc) is 2.53. The van der Waals surface area contributed by atoms with Crippen molar-refractivity contribution in [3.63, 3.8) is 0 Å². The molecule has 8 heteroatoms. The van der Waals surface area contributed by atoms with Crippen LogP contribution in [0.5, 0.6) is 0 Å². The summed E-state index contributed by atoms with van der Waals surface area (Å²) in [5.41, 5.74) is 8.17. The van der Waals surface area contributed by atoms with Gasteiger partial charge in [0.15, 0.2) is 0 Å². The fourth-order valence-corrected chi connectivity index (χ4v) is 0.774. The van der Waals surface area contributed by atoms with Gasteiger partial charge in [-0.15, -0.1) is 0 Å². The zero-order valence-corrected chi connectivity index (χ0v) is 5.73. The average molecular weight is 162 g/mol. The molecule has 0 fully saturated rings. The van der Waals surface area contributed by atoms with E-state index in [1.54, 1.807) is 0 Å². The van der Waals surface area contributed by atoms with Gasteiger partial charge in [-0.1, -0.05) is 5.10 Å². The van der Waals surface area contributed by atoms with E-state index < -0.39 is 0 Å². The van der Waals surface area contributed by atoms with Crippen LogP contribution < -0.4 is 0 Å². The second-order valence-corrected chi connectivity index (χ2v) is 1.88. The molecule has 0 aromatic carbocycles. The summed E-state index contributed by atoms with van der Waals surface area (Å²) in [4.78, 5) is 6.44. The molecule has 0 saturated heterocycles. The number of nitrogens with zero attached hydrogens (tertiary/aromatic N) is 8. The first-order valence-electron chi connectivity index (χ1n) is 3.00. The maximum absolute atomic E-state index is 8.17. The smallest absolute Gasteiger partial charge is 0.218 e. The normalized spacial score (nSPS) is 9.67. The first-order valence-corrected chi connectivity index (χ1v) is 3.00. The molecule has 0 unspecified atom stereocenters. The summed E-state index contributed by atoms with van der Waals surface area (Å²) in [7, 11) is 0. The Hall–Kier alpha value is -2.21. The molecule has 2 aromatic heterocycles. The molecule has 0 radical (unpaired) electrons. The number of hydrogen-bond donors (Lipinski definition) is 0. The summed E-state index contributed by atoms with van der Waals surface area (Å²) in [6, 6.07) is 1.52. The molecule has 0 N–H and O–H groups in total. The van der Waals surface area contributed by atoms with Gasteiger partial charge in [-0.05, 0) is 27.1 Å². The van der Waals surface area contributed by atoms with E-state index in [0.717, 1.165) is 0 Å². The fraction of sp³-hybridized carbons (Fsp3) is 0. The summed E-state index contributed by atoms with van der Waals surface area (Å²) in [6.45, 7) is 0. The second kappa shape index (κ2) is 2.44. The minimum atomic E-state index is 0.305. The van der Waals surface area contributed by atoms with Gasteiger partial charge in [-0.3, -0.25) is 0 Å². The van der Waals surface area contributed by atoms with Gasteiger partial charge < -0.3 is 0 Å². The Balaban J connectivity index is 2.81. The predicted molar refractivity (Wildman–Crippen MR) is 37.4 cm³/mol. The molecule has 0 atom stereocenters. The van der Waals surface area contributed by atoms with Crippen LogP contribution in [0.1, 0.15) is 0 Å². The van der Waals surface area contributed by atoms with Crippen LogP contribution in [0.4, 0.5) is 5.82 Å². The Labute approximate surface area is 65.5 Å². The van der Waals surface area contributed by atoms with Gasteiger partial charge in [-0.25, -0.2) is 4.98 Å². The highest BCUT2D eigenvalue weighted by molar-refractivity contribution is 5.36. The van der Waals surface area contributed by atoms with Crippen LogP contribution in [0.15, 0.2) is 17.4 Å². The number of rotatable bonds is 1. The Morgan fingerprint density at radius 3 is 3.33 bits per heavy atom. The van der Waals surface area contributed by atoms with Crippen molar-refractivity contribution >= 4 is 11.6 Å². The minimum absolute atomic E-state index is 0.305. The molecule has 12 heavy (non-hydrogen) atoms. The summed E-state index contributed by atoms with van der Waals surface area (Å²) in [5, 5.41) is 13.9. The lowest BCUT2D eigenvalue weighted by molar-refractivity contribution is 0.821. The topological polar surface area (TPSA) is 105 Å². The molecule has 0 aliphatic heterocycles. The first kappa shape index (κ1) is 6.50. The van der Waals surface area contributed by atoms with Crippen molar-refractivity contribution in [2.24, 2.45) is 5.11 Å². The van der Waals surface area contributed by atoms with Crippen LogP contribution in [0.3, 0.4) is 0 Å². The maximum atomic E-state index is 8.17. The van der Waals surface area contributed by atoms with Crippen LogP contribution in [0, 0.1) is 0 Å². The monoisotopic (exact) mass is 162 g/mol. The zero-order valence-electron chi connectivity index (χ0n) is 5.73. The molecule has 2 aromatic rings. The van der Waals surface area contributed by atoms with Gasteiger partial charge in [0.25, 0.3) is 5.78 Å². The van der Waals surface area contributed by atoms with E-state index in [1.165, 1.54) is 16.8 Å². The third-order valence-electron chi connectivity index (χ3n) is 1.23. The van der Waals surface area contributed by atoms with E-state index in [4.69, 9.17) is 5.53 Å². The molecular weight excluding hydrogens is 160 g/mol. The Morgan fingerprint density at radius 1 is 1.58 bits per heavy atom. The van der Waals surface area contributed by atoms with E-state index in [0.29, 0.717) is 11.6 Å². The van der Waals surface area contributed by atoms with E-state index in [9.17, 15) is 0 Å². The van der Waals surface area contributed by atoms with E-state index in [1.807, 2.05) is 0 Å². The maximum Gasteiger partial charge on any atom is 0.273 e. The Kier molecular flexibility index (Phi) is 1.32. The first-order chi connectivity index (χ1) is 5.92. The fourth-order valence-electron chi connectivity index (χ4n) is 0.774. The molecule has 2 heterocycles. The molecule has 0 spiro atoms. The van der Waals surface area contributed by atoms with E-state index in [2.05, 4.69) is 30.5 Å². The van der Waals surface area contributed by atoms with Crippen LogP contribution >= 0.6 is 0 Å². The molecule has 58 valence electrons. The van der Waals surface area contributed by atoms with Crippen molar-refractivity contribution in [1.29, 1.82) is 0 Å². The van der Waals surface area contributed by atoms with Crippen LogP contribution in [-0.2, 0) is 0 Å². The molecule has 0 amide bonds. The van der Waals surface area contributed by atoms with Crippen molar-refractivity contribution in [1.82, 2.24) is 25.0 Å². The number of azide groups is 1. The number of fused-ring (bicyclic) bond motifs is 1. The van der Waals surface area contributed by atoms with Crippen LogP contribution in [-0.4, -0.2) is 25.0 Å². The van der Waals surface area contributed by atoms with Crippen LogP contribution in [0.25, 0.3) is 16.2 Å². The summed E-state index contributed by atoms with van der Waals surface area (Å²) < 4.78 is 1.25. The van der Waals surface area contributed by atoms with Crippen molar-refractivity contribution in [3.8, 4) is 0 Å². The number of aromatic nitrogens is 5. The largest absolute Gasteiger partial charge is 0.273 e. The predicted octanol–water partition coefficient (Wildman–Crippen LogP) is 0.461. The molecule has 8 nitrogen and oxygen atoms in total. The molecule has 2 rings (SSSR count). The summed E-state index contributed by atoms with van der Waals surface area (Å²) >= 11 is 0. The third-order valence-corrected chi connectivity index (χ3v) is 1.23. The SMILES string of the molecule is [N-]=[N+]=Nc1ccnc2nnnn12. The number of hydrogen-bond acceptors (Lipinski definition) is 5. The van der Waals surface area contributed by atoms with E-state index >= 15 is 0 Å². The molecule has 0 saturated carbocycles. The second-order valence-electron chi connectivity index (χ2n) is 1.88. The highest BCUT2D eigenvalue weighted by Crippen LogP contribution is 2.08. The third kappa shape index (κ3) is 0.831. The van der Waals surface area contributed by atoms with E-state index in [-0.39, 0.29) is 0 Å². The highest BCUT2D eigenvalue weighted by atomic mass is 15.5. The van der Waals surface area contributed by atoms with Crippen molar-refractivity contribution < 1.29 is 0 Å². The lowest BCUT2D eigenvalue weighted by Crippen LogP contribution is -1.89.